The summed E-state index contributed by atoms with van der Waals surface area (Å²) in [7, 11) is 0. The van der Waals surface area contributed by atoms with Crippen molar-refractivity contribution < 1.29 is 14.7 Å². The Morgan fingerprint density at radius 2 is 2.15 bits per heavy atom. The van der Waals surface area contributed by atoms with Gasteiger partial charge in [-0.05, 0) is 11.8 Å². The molecule has 6 heteroatoms. The number of carbonyl (C=O) groups excluding carboxylic acids is 1. The van der Waals surface area contributed by atoms with Crippen molar-refractivity contribution in [3.8, 4) is 0 Å². The van der Waals surface area contributed by atoms with Gasteiger partial charge in [0.2, 0.25) is 5.91 Å². The Bertz CT molecular complexity index is 399. The van der Waals surface area contributed by atoms with E-state index in [0.717, 1.165) is 18.6 Å². The summed E-state index contributed by atoms with van der Waals surface area (Å²) in [5.41, 5.74) is 0.542. The van der Waals surface area contributed by atoms with E-state index < -0.39 is 6.09 Å². The summed E-state index contributed by atoms with van der Waals surface area (Å²) in [5, 5.41) is 17.3. The molecule has 0 radical (unpaired) electrons. The number of nitrogens with one attached hydrogen (secondary N) is 1. The molecule has 0 aromatic carbocycles. The lowest BCUT2D eigenvalue weighted by molar-refractivity contribution is -0.128. The summed E-state index contributed by atoms with van der Waals surface area (Å²) >= 11 is 0. The van der Waals surface area contributed by atoms with Gasteiger partial charge >= 0.3 is 6.09 Å². The minimum atomic E-state index is -1.04. The van der Waals surface area contributed by atoms with Crippen LogP contribution in [-0.2, 0) is 4.79 Å². The number of carboxylic acid groups (broad SMARTS) is 1. The third kappa shape index (κ3) is 4.83. The number of hydrazone groups is 1. The molecule has 114 valence electrons. The van der Waals surface area contributed by atoms with Crippen LogP contribution in [0.1, 0.15) is 53.4 Å². The first-order valence-electron chi connectivity index (χ1n) is 7.10. The molecule has 1 atom stereocenters. The van der Waals surface area contributed by atoms with Crippen LogP contribution in [0.3, 0.4) is 0 Å². The van der Waals surface area contributed by atoms with E-state index in [0.29, 0.717) is 19.4 Å². The SMILES string of the molecule is CCCCN1N=C(CC(NC(=O)O)C(C)(C)C)CC1=O. The number of unbranched alkanes of at least 4 members (excludes halogenated alkanes) is 1. The number of nitrogens with zero attached hydrogens (tertiary/aromatic N) is 2. The van der Waals surface area contributed by atoms with Gasteiger partial charge in [0.15, 0.2) is 0 Å². The molecule has 2 N–H and O–H groups in total. The summed E-state index contributed by atoms with van der Waals surface area (Å²) in [6, 6.07) is -0.252. The van der Waals surface area contributed by atoms with Crippen LogP contribution < -0.4 is 5.32 Å². The Labute approximate surface area is 120 Å². The number of amides is 2. The molecular formula is C14H25N3O3. The molecule has 0 saturated carbocycles. The van der Waals surface area contributed by atoms with Gasteiger partial charge in [-0.2, -0.15) is 5.10 Å². The largest absolute Gasteiger partial charge is 0.465 e. The molecule has 1 rings (SSSR count). The van der Waals surface area contributed by atoms with E-state index in [1.807, 2.05) is 20.8 Å². The van der Waals surface area contributed by atoms with Crippen molar-refractivity contribution in [2.75, 3.05) is 6.54 Å². The lowest BCUT2D eigenvalue weighted by Gasteiger charge is -2.30. The average Bonchev–Trinajstić information content (AvgIpc) is 2.64. The number of hydrogen-bond donors (Lipinski definition) is 2. The Morgan fingerprint density at radius 1 is 1.50 bits per heavy atom. The zero-order valence-corrected chi connectivity index (χ0v) is 12.8. The molecule has 0 saturated heterocycles. The highest BCUT2D eigenvalue weighted by molar-refractivity contribution is 6.05. The molecule has 1 aliphatic heterocycles. The highest BCUT2D eigenvalue weighted by Crippen LogP contribution is 2.24. The lowest BCUT2D eigenvalue weighted by atomic mass is 9.83. The molecule has 0 bridgehead atoms. The molecule has 1 heterocycles. The zero-order chi connectivity index (χ0) is 15.3. The highest BCUT2D eigenvalue weighted by Gasteiger charge is 2.31. The third-order valence-electron chi connectivity index (χ3n) is 3.41. The molecule has 0 spiro atoms. The Kier molecular flexibility index (Phi) is 5.53. The molecular weight excluding hydrogens is 258 g/mol. The summed E-state index contributed by atoms with van der Waals surface area (Å²) in [6.45, 7) is 8.63. The van der Waals surface area contributed by atoms with Crippen LogP contribution >= 0.6 is 0 Å². The Balaban J connectivity index is 2.69. The van der Waals surface area contributed by atoms with Gasteiger partial charge in [-0.25, -0.2) is 9.80 Å². The van der Waals surface area contributed by atoms with E-state index in [2.05, 4.69) is 17.3 Å². The van der Waals surface area contributed by atoms with Gasteiger partial charge in [0.05, 0.1) is 12.1 Å². The molecule has 0 fully saturated rings. The fourth-order valence-corrected chi connectivity index (χ4v) is 2.08. The molecule has 0 aliphatic carbocycles. The van der Waals surface area contributed by atoms with Crippen molar-refractivity contribution in [2.24, 2.45) is 10.5 Å². The topological polar surface area (TPSA) is 82.0 Å². The molecule has 0 aromatic heterocycles. The van der Waals surface area contributed by atoms with Gasteiger partial charge in [0, 0.05) is 19.0 Å². The zero-order valence-electron chi connectivity index (χ0n) is 12.8. The van der Waals surface area contributed by atoms with Gasteiger partial charge in [-0.15, -0.1) is 0 Å². The van der Waals surface area contributed by atoms with Gasteiger partial charge in [-0.1, -0.05) is 34.1 Å². The van der Waals surface area contributed by atoms with E-state index in [1.165, 1.54) is 5.01 Å². The molecule has 20 heavy (non-hydrogen) atoms. The Morgan fingerprint density at radius 3 is 2.65 bits per heavy atom. The maximum Gasteiger partial charge on any atom is 0.404 e. The maximum absolute atomic E-state index is 11.8. The van der Waals surface area contributed by atoms with Crippen molar-refractivity contribution >= 4 is 17.7 Å². The molecule has 6 nitrogen and oxygen atoms in total. The maximum atomic E-state index is 11.8. The van der Waals surface area contributed by atoms with E-state index >= 15 is 0 Å². The van der Waals surface area contributed by atoms with Gasteiger partial charge in [-0.3, -0.25) is 4.79 Å². The second-order valence-corrected chi connectivity index (χ2v) is 6.29. The molecule has 1 unspecified atom stereocenters. The summed E-state index contributed by atoms with van der Waals surface area (Å²) < 4.78 is 0. The first-order chi connectivity index (χ1) is 9.24. The van der Waals surface area contributed by atoms with Crippen LogP contribution in [0.15, 0.2) is 5.10 Å². The van der Waals surface area contributed by atoms with E-state index in [-0.39, 0.29) is 17.4 Å². The lowest BCUT2D eigenvalue weighted by Crippen LogP contribution is -2.44. The fourth-order valence-electron chi connectivity index (χ4n) is 2.08. The fraction of sp³-hybridized carbons (Fsp3) is 0.786. The smallest absolute Gasteiger partial charge is 0.404 e. The first-order valence-corrected chi connectivity index (χ1v) is 7.10. The van der Waals surface area contributed by atoms with Crippen molar-refractivity contribution in [1.82, 2.24) is 10.3 Å². The molecule has 2 amide bonds. The van der Waals surface area contributed by atoms with Crippen molar-refractivity contribution in [2.45, 2.75) is 59.4 Å². The Hall–Kier alpha value is -1.59. The van der Waals surface area contributed by atoms with Crippen LogP contribution in [-0.4, -0.2) is 40.4 Å². The van der Waals surface area contributed by atoms with Crippen LogP contribution in [0.4, 0.5) is 4.79 Å². The van der Waals surface area contributed by atoms with Gasteiger partial charge in [0.25, 0.3) is 0 Å². The minimum absolute atomic E-state index is 0.0106. The predicted molar refractivity (Wildman–Crippen MR) is 77.7 cm³/mol. The number of hydrogen-bond acceptors (Lipinski definition) is 3. The highest BCUT2D eigenvalue weighted by atomic mass is 16.4. The van der Waals surface area contributed by atoms with Crippen LogP contribution in [0.5, 0.6) is 0 Å². The quantitative estimate of drug-likeness (QED) is 0.785. The summed E-state index contributed by atoms with van der Waals surface area (Å²) in [6.07, 6.45) is 1.68. The van der Waals surface area contributed by atoms with E-state index in [4.69, 9.17) is 5.11 Å². The second kappa shape index (κ2) is 6.72. The van der Waals surface area contributed by atoms with Crippen molar-refractivity contribution in [3.63, 3.8) is 0 Å². The number of rotatable bonds is 6. The van der Waals surface area contributed by atoms with E-state index in [1.54, 1.807) is 0 Å². The minimum Gasteiger partial charge on any atom is -0.465 e. The normalized spacial score (nSPS) is 17.1. The van der Waals surface area contributed by atoms with Gasteiger partial charge < -0.3 is 10.4 Å². The molecule has 0 aromatic rings. The van der Waals surface area contributed by atoms with Crippen LogP contribution in [0, 0.1) is 5.41 Å². The van der Waals surface area contributed by atoms with Crippen molar-refractivity contribution in [3.05, 3.63) is 0 Å². The van der Waals surface area contributed by atoms with Crippen LogP contribution in [0.25, 0.3) is 0 Å². The monoisotopic (exact) mass is 283 g/mol. The average molecular weight is 283 g/mol. The van der Waals surface area contributed by atoms with Crippen molar-refractivity contribution in [1.29, 1.82) is 0 Å². The van der Waals surface area contributed by atoms with E-state index in [9.17, 15) is 9.59 Å². The third-order valence-corrected chi connectivity index (χ3v) is 3.41. The summed E-state index contributed by atoms with van der Waals surface area (Å²) in [5.74, 6) is 0.0106. The first kappa shape index (κ1) is 16.5. The summed E-state index contributed by atoms with van der Waals surface area (Å²) in [4.78, 5) is 22.7. The van der Waals surface area contributed by atoms with Gasteiger partial charge in [0.1, 0.15) is 0 Å². The molecule has 1 aliphatic rings. The second-order valence-electron chi connectivity index (χ2n) is 6.29. The number of carbonyl (C=O) groups is 2. The van der Waals surface area contributed by atoms with Crippen LogP contribution in [0.2, 0.25) is 0 Å². The standard InChI is InChI=1S/C14H25N3O3/c1-5-6-7-17-12(18)9-10(16-17)8-11(14(2,3)4)15-13(19)20/h11,15H,5-9H2,1-4H3,(H,19,20). The predicted octanol–water partition coefficient (Wildman–Crippen LogP) is 2.45.